The van der Waals surface area contributed by atoms with E-state index in [9.17, 15) is 14.4 Å². The van der Waals surface area contributed by atoms with Gasteiger partial charge in [-0.2, -0.15) is 10.4 Å². The maximum Gasteiger partial charge on any atom is 0.254 e. The number of piperidine rings is 1. The lowest BCUT2D eigenvalue weighted by Crippen LogP contribution is -2.44. The van der Waals surface area contributed by atoms with Crippen LogP contribution in [0.3, 0.4) is 0 Å². The molecule has 2 aromatic rings. The first-order valence-corrected chi connectivity index (χ1v) is 10.2. The third kappa shape index (κ3) is 4.67. The Labute approximate surface area is 179 Å². The zero-order valence-electron chi connectivity index (χ0n) is 17.2. The molecule has 2 aliphatic heterocycles. The van der Waals surface area contributed by atoms with E-state index in [0.717, 1.165) is 25.2 Å². The molecule has 10 heteroatoms. The first-order chi connectivity index (χ1) is 14.9. The van der Waals surface area contributed by atoms with Crippen LogP contribution in [0.5, 0.6) is 0 Å². The lowest BCUT2D eigenvalue weighted by atomic mass is 9.93. The number of primary amides is 1. The van der Waals surface area contributed by atoms with Gasteiger partial charge in [0, 0.05) is 37.9 Å². The number of carbonyl (C=O) groups excluding carboxylic acids is 1. The highest BCUT2D eigenvalue weighted by Crippen LogP contribution is 2.31. The van der Waals surface area contributed by atoms with Crippen LogP contribution in [0.25, 0.3) is 0 Å². The number of nitrogens with two attached hydrogens (primary N) is 1. The van der Waals surface area contributed by atoms with Crippen molar-refractivity contribution in [2.45, 2.75) is 31.9 Å². The van der Waals surface area contributed by atoms with Crippen LogP contribution in [0.1, 0.15) is 36.2 Å². The molecule has 3 heterocycles. The van der Waals surface area contributed by atoms with Crippen LogP contribution in [-0.4, -0.2) is 52.0 Å². The topological polar surface area (TPSA) is 122 Å². The molecule has 3 atom stereocenters. The molecule has 1 unspecified atom stereocenters. The fourth-order valence-electron chi connectivity index (χ4n) is 4.07. The summed E-state index contributed by atoms with van der Waals surface area (Å²) < 4.78 is 14.8. The summed E-state index contributed by atoms with van der Waals surface area (Å²) in [4.78, 5) is 19.6. The molecule has 1 saturated heterocycles. The molecule has 0 bridgehead atoms. The van der Waals surface area contributed by atoms with Crippen LogP contribution in [-0.2, 0) is 4.84 Å². The summed E-state index contributed by atoms with van der Waals surface area (Å²) in [7, 11) is 0. The molecule has 1 aromatic heterocycles. The van der Waals surface area contributed by atoms with E-state index in [-0.39, 0.29) is 35.3 Å². The number of rotatable bonds is 6. The van der Waals surface area contributed by atoms with Gasteiger partial charge >= 0.3 is 0 Å². The van der Waals surface area contributed by atoms with Crippen LogP contribution in [0.2, 0.25) is 0 Å². The second-order valence-electron chi connectivity index (χ2n) is 7.98. The number of benzene rings is 1. The van der Waals surface area contributed by atoms with Crippen LogP contribution in [0.15, 0.2) is 35.6 Å². The Kier molecular flexibility index (Phi) is 5.86. The van der Waals surface area contributed by atoms with Gasteiger partial charge < -0.3 is 15.9 Å². The molecule has 162 valence electrons. The van der Waals surface area contributed by atoms with E-state index in [1.165, 1.54) is 12.1 Å². The van der Waals surface area contributed by atoms with E-state index in [0.29, 0.717) is 18.7 Å². The van der Waals surface area contributed by atoms with Crippen LogP contribution >= 0.6 is 0 Å². The minimum Gasteiger partial charge on any atom is -0.391 e. The van der Waals surface area contributed by atoms with Gasteiger partial charge in [-0.1, -0.05) is 5.16 Å². The number of hydrogen-bond acceptors (Lipinski definition) is 7. The van der Waals surface area contributed by atoms with Gasteiger partial charge in [0.05, 0.1) is 23.7 Å². The van der Waals surface area contributed by atoms with Crippen LogP contribution in [0.4, 0.5) is 15.9 Å². The first-order valence-electron chi connectivity index (χ1n) is 10.2. The molecule has 0 radical (unpaired) electrons. The SMILES string of the molecule is CC1=NOC(CN2CC[C@@H](n3cc(C(N)=O)c(Nc4ccc(F)cc4)n3)[C@@H](C#N)C2)C1. The number of nitrogens with zero attached hydrogens (tertiary/aromatic N) is 5. The summed E-state index contributed by atoms with van der Waals surface area (Å²) in [5.41, 5.74) is 7.31. The van der Waals surface area contributed by atoms with E-state index in [1.54, 1.807) is 23.0 Å². The minimum absolute atomic E-state index is 0.0218. The molecule has 1 amide bonds. The van der Waals surface area contributed by atoms with Crippen molar-refractivity contribution < 1.29 is 14.0 Å². The summed E-state index contributed by atoms with van der Waals surface area (Å²) in [6.45, 7) is 4.01. The first kappa shape index (κ1) is 20.8. The Hall–Kier alpha value is -3.45. The second-order valence-corrected chi connectivity index (χ2v) is 7.98. The van der Waals surface area contributed by atoms with Crippen molar-refractivity contribution in [3.8, 4) is 6.07 Å². The molecule has 9 nitrogen and oxygen atoms in total. The quantitative estimate of drug-likeness (QED) is 0.733. The molecule has 4 rings (SSSR count). The van der Waals surface area contributed by atoms with Crippen molar-refractivity contribution in [3.05, 3.63) is 41.8 Å². The predicted octanol–water partition coefficient (Wildman–Crippen LogP) is 2.42. The summed E-state index contributed by atoms with van der Waals surface area (Å²) in [5.74, 6) is -1.02. The molecule has 1 fully saturated rings. The Morgan fingerprint density at radius 3 is 2.84 bits per heavy atom. The Bertz CT molecular complexity index is 1030. The summed E-state index contributed by atoms with van der Waals surface area (Å²) >= 11 is 0. The number of likely N-dealkylation sites (tertiary alicyclic amines) is 1. The van der Waals surface area contributed by atoms with Gasteiger partial charge in [-0.05, 0) is 37.6 Å². The average molecular weight is 425 g/mol. The molecule has 0 spiro atoms. The largest absolute Gasteiger partial charge is 0.391 e. The summed E-state index contributed by atoms with van der Waals surface area (Å²) in [5, 5.41) is 21.3. The van der Waals surface area contributed by atoms with Crippen molar-refractivity contribution in [1.29, 1.82) is 5.26 Å². The van der Waals surface area contributed by atoms with Gasteiger partial charge in [0.1, 0.15) is 17.5 Å². The average Bonchev–Trinajstić information content (AvgIpc) is 3.35. The highest BCUT2D eigenvalue weighted by molar-refractivity contribution is 5.98. The Morgan fingerprint density at radius 1 is 1.42 bits per heavy atom. The van der Waals surface area contributed by atoms with Gasteiger partial charge in [0.25, 0.3) is 5.91 Å². The minimum atomic E-state index is -0.629. The molecule has 2 aliphatic rings. The van der Waals surface area contributed by atoms with Crippen LogP contribution in [0, 0.1) is 23.1 Å². The second kappa shape index (κ2) is 8.73. The maximum absolute atomic E-state index is 13.2. The number of anilines is 2. The summed E-state index contributed by atoms with van der Waals surface area (Å²) in [6, 6.07) is 7.91. The monoisotopic (exact) mass is 425 g/mol. The smallest absolute Gasteiger partial charge is 0.254 e. The standard InChI is InChI=1S/C21H24FN7O2/c1-13-8-17(31-27-13)11-28-7-6-19(14(9-23)10-28)29-12-18(20(24)30)21(26-29)25-16-4-2-15(22)3-5-16/h2-5,12,14,17,19H,6-8,10-11H2,1H3,(H2,24,30)(H,25,26)/t14-,17?,19+/m0/s1. The van der Waals surface area contributed by atoms with Gasteiger partial charge in [0.2, 0.25) is 0 Å². The molecule has 0 aliphatic carbocycles. The Balaban J connectivity index is 1.48. The normalized spacial score (nSPS) is 23.6. The number of carbonyl (C=O) groups is 1. The van der Waals surface area contributed by atoms with Crippen molar-refractivity contribution in [2.75, 3.05) is 25.0 Å². The van der Waals surface area contributed by atoms with E-state index in [2.05, 4.69) is 26.5 Å². The number of nitrogens with one attached hydrogen (secondary N) is 1. The fraction of sp³-hybridized carbons (Fsp3) is 0.429. The highest BCUT2D eigenvalue weighted by Gasteiger charge is 2.34. The number of oxime groups is 1. The van der Waals surface area contributed by atoms with Crippen LogP contribution < -0.4 is 11.1 Å². The zero-order chi connectivity index (χ0) is 22.0. The van der Waals surface area contributed by atoms with Gasteiger partial charge in [-0.25, -0.2) is 4.39 Å². The zero-order valence-corrected chi connectivity index (χ0v) is 17.2. The molecule has 0 saturated carbocycles. The number of hydrogen-bond donors (Lipinski definition) is 2. The van der Waals surface area contributed by atoms with E-state index < -0.39 is 5.91 Å². The number of halogens is 1. The fourth-order valence-corrected chi connectivity index (χ4v) is 4.07. The lowest BCUT2D eigenvalue weighted by Gasteiger charge is -2.36. The number of aromatic nitrogens is 2. The predicted molar refractivity (Wildman–Crippen MR) is 112 cm³/mol. The molecular formula is C21H24FN7O2. The van der Waals surface area contributed by atoms with Crippen molar-refractivity contribution in [1.82, 2.24) is 14.7 Å². The third-order valence-corrected chi connectivity index (χ3v) is 5.61. The number of nitriles is 1. The van der Waals surface area contributed by atoms with Crippen molar-refractivity contribution in [2.24, 2.45) is 16.8 Å². The van der Waals surface area contributed by atoms with E-state index >= 15 is 0 Å². The Morgan fingerprint density at radius 2 is 2.19 bits per heavy atom. The molecular weight excluding hydrogens is 401 g/mol. The molecule has 1 aromatic carbocycles. The van der Waals surface area contributed by atoms with Crippen molar-refractivity contribution in [3.63, 3.8) is 0 Å². The van der Waals surface area contributed by atoms with Gasteiger partial charge in [-0.15, -0.1) is 0 Å². The van der Waals surface area contributed by atoms with Crippen molar-refractivity contribution >= 4 is 23.1 Å². The maximum atomic E-state index is 13.2. The lowest BCUT2D eigenvalue weighted by molar-refractivity contribution is 0.0351. The van der Waals surface area contributed by atoms with E-state index in [4.69, 9.17) is 10.6 Å². The third-order valence-electron chi connectivity index (χ3n) is 5.61. The van der Waals surface area contributed by atoms with E-state index in [1.807, 2.05) is 6.92 Å². The number of amides is 1. The summed E-state index contributed by atoms with van der Waals surface area (Å²) in [6.07, 6.45) is 3.10. The van der Waals surface area contributed by atoms with Gasteiger partial charge in [-0.3, -0.25) is 14.4 Å². The molecule has 3 N–H and O–H groups in total. The van der Waals surface area contributed by atoms with Gasteiger partial charge in [0.15, 0.2) is 5.82 Å². The molecule has 31 heavy (non-hydrogen) atoms. The highest BCUT2D eigenvalue weighted by atomic mass is 19.1.